The Balaban J connectivity index is 3.35. The Morgan fingerprint density at radius 3 is 2.17 bits per heavy atom. The van der Waals surface area contributed by atoms with Crippen LogP contribution in [-0.4, -0.2) is 30.7 Å². The van der Waals surface area contributed by atoms with E-state index in [2.05, 4.69) is 54.2 Å². The third kappa shape index (κ3) is 5.21. The van der Waals surface area contributed by atoms with Crippen molar-refractivity contribution in [2.24, 2.45) is 0 Å². The molecule has 1 aliphatic rings. The lowest BCUT2D eigenvalue weighted by molar-refractivity contribution is -0.923. The normalized spacial score (nSPS) is 20.8. The van der Waals surface area contributed by atoms with Gasteiger partial charge in [-0.25, -0.2) is 0 Å². The highest BCUT2D eigenvalue weighted by molar-refractivity contribution is 5.52. The molecule has 0 unspecified atom stereocenters. The molecule has 0 aliphatic carbocycles. The van der Waals surface area contributed by atoms with E-state index in [0.717, 1.165) is 0 Å². The molecule has 1 nitrogen and oxygen atoms in total. The van der Waals surface area contributed by atoms with Crippen molar-refractivity contribution >= 4 is 0 Å². The Hall–Kier alpha value is -1.08. The topological polar surface area (TPSA) is 0 Å². The highest BCUT2D eigenvalue weighted by Gasteiger charge is 2.32. The van der Waals surface area contributed by atoms with Crippen LogP contribution >= 0.6 is 0 Å². The van der Waals surface area contributed by atoms with Crippen molar-refractivity contribution in [2.45, 2.75) is 73.6 Å². The molecule has 0 amide bonds. The molecule has 0 aromatic carbocycles. The van der Waals surface area contributed by atoms with E-state index in [-0.39, 0.29) is 0 Å². The van der Waals surface area contributed by atoms with Gasteiger partial charge in [-0.2, -0.15) is 0 Å². The summed E-state index contributed by atoms with van der Waals surface area (Å²) in [5.41, 5.74) is 7.41. The van der Waals surface area contributed by atoms with Crippen molar-refractivity contribution in [3.63, 3.8) is 0 Å². The van der Waals surface area contributed by atoms with E-state index in [1.54, 1.807) is 5.57 Å². The van der Waals surface area contributed by atoms with Crippen LogP contribution in [-0.2, 0) is 0 Å². The molecule has 0 atom stereocenters. The van der Waals surface area contributed by atoms with Crippen molar-refractivity contribution in [2.75, 3.05) is 26.2 Å². The molecule has 0 saturated carbocycles. The fourth-order valence-electron chi connectivity index (χ4n) is 4.11. The molecule has 1 rings (SSSR count). The third-order valence-electron chi connectivity index (χ3n) is 5.72. The molecule has 0 aromatic rings. The molecule has 1 heterocycles. The molecule has 0 fully saturated rings. The van der Waals surface area contributed by atoms with Gasteiger partial charge < -0.3 is 4.48 Å². The molecule has 0 saturated heterocycles. The van der Waals surface area contributed by atoms with Crippen molar-refractivity contribution in [3.8, 4) is 0 Å². The summed E-state index contributed by atoms with van der Waals surface area (Å²) in [7, 11) is 0. The molecule has 1 heteroatoms. The molecule has 0 aromatic heterocycles. The van der Waals surface area contributed by atoms with Crippen molar-refractivity contribution in [1.82, 2.24) is 0 Å². The van der Waals surface area contributed by atoms with Gasteiger partial charge >= 0.3 is 0 Å². The minimum absolute atomic E-state index is 1.18. The SMILES string of the molecule is C=C/C(C)=C1/CC[N+](CCCC)(CCCC)CC(C)=C1/C(C)=C/C. The summed E-state index contributed by atoms with van der Waals surface area (Å²) in [4.78, 5) is 0. The van der Waals surface area contributed by atoms with Gasteiger partial charge in [0, 0.05) is 6.42 Å². The van der Waals surface area contributed by atoms with Crippen LogP contribution in [0.2, 0.25) is 0 Å². The second-order valence-electron chi connectivity index (χ2n) is 7.62. The van der Waals surface area contributed by atoms with Crippen molar-refractivity contribution in [3.05, 3.63) is 46.6 Å². The standard InChI is InChI=1S/C23H40N/c1-8-12-15-24(16-13-9-2)17-14-22(19(5)10-3)23(20(6)11-4)21(7)18-24/h10-11H,3,8-9,12-18H2,1-2,4-7H3/q+1/b20-11+,22-19-. The van der Waals surface area contributed by atoms with Gasteiger partial charge in [0.2, 0.25) is 0 Å². The van der Waals surface area contributed by atoms with Crippen molar-refractivity contribution in [1.29, 1.82) is 0 Å². The molecule has 0 N–H and O–H groups in total. The predicted molar refractivity (Wildman–Crippen MR) is 109 cm³/mol. The molecular formula is C23H40N+. The van der Waals surface area contributed by atoms with Crippen LogP contribution in [0.15, 0.2) is 46.6 Å². The van der Waals surface area contributed by atoms with Crippen molar-refractivity contribution < 1.29 is 4.48 Å². The summed E-state index contributed by atoms with van der Waals surface area (Å²) < 4.78 is 1.28. The van der Waals surface area contributed by atoms with Gasteiger partial charge in [0.05, 0.1) is 19.6 Å². The Kier molecular flexibility index (Phi) is 8.76. The van der Waals surface area contributed by atoms with Crippen LogP contribution in [0.4, 0.5) is 0 Å². The van der Waals surface area contributed by atoms with Gasteiger partial charge in [0.15, 0.2) is 0 Å². The van der Waals surface area contributed by atoms with Crippen LogP contribution in [0, 0.1) is 0 Å². The van der Waals surface area contributed by atoms with Gasteiger partial charge in [-0.05, 0) is 68.4 Å². The molecule has 1 aliphatic heterocycles. The number of rotatable bonds is 8. The average Bonchev–Trinajstić information content (AvgIpc) is 2.73. The van der Waals surface area contributed by atoms with E-state index in [4.69, 9.17) is 0 Å². The third-order valence-corrected chi connectivity index (χ3v) is 5.72. The summed E-state index contributed by atoms with van der Waals surface area (Å²) in [5.74, 6) is 0. The monoisotopic (exact) mass is 330 g/mol. The number of allylic oxidation sites excluding steroid dienone is 5. The Morgan fingerprint density at radius 2 is 1.71 bits per heavy atom. The Bertz CT molecular complexity index is 508. The average molecular weight is 331 g/mol. The zero-order valence-electron chi connectivity index (χ0n) is 17.2. The highest BCUT2D eigenvalue weighted by atomic mass is 15.3. The zero-order valence-corrected chi connectivity index (χ0v) is 17.2. The van der Waals surface area contributed by atoms with Crippen LogP contribution in [0.25, 0.3) is 0 Å². The van der Waals surface area contributed by atoms with E-state index in [1.807, 2.05) is 6.08 Å². The Labute approximate surface area is 151 Å². The summed E-state index contributed by atoms with van der Waals surface area (Å²) in [6, 6.07) is 0. The lowest BCUT2D eigenvalue weighted by Crippen LogP contribution is -2.50. The van der Waals surface area contributed by atoms with Crippen LogP contribution in [0.1, 0.15) is 73.6 Å². The molecular weight excluding hydrogens is 290 g/mol. The van der Waals surface area contributed by atoms with Gasteiger partial charge in [0.25, 0.3) is 0 Å². The minimum atomic E-state index is 1.18. The van der Waals surface area contributed by atoms with E-state index >= 15 is 0 Å². The predicted octanol–water partition coefficient (Wildman–Crippen LogP) is 6.59. The van der Waals surface area contributed by atoms with Crippen LogP contribution in [0.3, 0.4) is 0 Å². The quantitative estimate of drug-likeness (QED) is 0.440. The van der Waals surface area contributed by atoms with E-state index in [0.29, 0.717) is 0 Å². The number of nitrogens with zero attached hydrogens (tertiary/aromatic N) is 1. The molecule has 0 spiro atoms. The van der Waals surface area contributed by atoms with E-state index in [1.165, 1.54) is 85.1 Å². The lowest BCUT2D eigenvalue weighted by atomic mass is 9.90. The highest BCUT2D eigenvalue weighted by Crippen LogP contribution is 2.34. The van der Waals surface area contributed by atoms with Gasteiger partial charge in [-0.3, -0.25) is 0 Å². The number of hydrogen-bond donors (Lipinski definition) is 0. The zero-order chi connectivity index (χ0) is 18.2. The second kappa shape index (κ2) is 10.0. The fraction of sp³-hybridized carbons (Fsp3) is 0.652. The maximum absolute atomic E-state index is 4.04. The molecule has 136 valence electrons. The first-order valence-electron chi connectivity index (χ1n) is 9.95. The maximum atomic E-state index is 4.04. The number of unbranched alkanes of at least 4 members (excludes halogenated alkanes) is 2. The minimum Gasteiger partial charge on any atom is -0.320 e. The first-order chi connectivity index (χ1) is 11.4. The molecule has 24 heavy (non-hydrogen) atoms. The first-order valence-corrected chi connectivity index (χ1v) is 9.95. The summed E-state index contributed by atoms with van der Waals surface area (Å²) in [6.07, 6.45) is 10.8. The smallest absolute Gasteiger partial charge is 0.101 e. The summed E-state index contributed by atoms with van der Waals surface area (Å²) >= 11 is 0. The molecule has 0 radical (unpaired) electrons. The Morgan fingerprint density at radius 1 is 1.12 bits per heavy atom. The summed E-state index contributed by atoms with van der Waals surface area (Å²) in [6.45, 7) is 22.9. The fourth-order valence-corrected chi connectivity index (χ4v) is 4.11. The number of hydrogen-bond acceptors (Lipinski definition) is 0. The summed E-state index contributed by atoms with van der Waals surface area (Å²) in [5, 5.41) is 0. The lowest BCUT2D eigenvalue weighted by Gasteiger charge is -2.38. The largest absolute Gasteiger partial charge is 0.320 e. The van der Waals surface area contributed by atoms with Gasteiger partial charge in [0.1, 0.15) is 6.54 Å². The maximum Gasteiger partial charge on any atom is 0.101 e. The van der Waals surface area contributed by atoms with E-state index < -0.39 is 0 Å². The number of quaternary nitrogens is 1. The van der Waals surface area contributed by atoms with E-state index in [9.17, 15) is 0 Å². The van der Waals surface area contributed by atoms with Gasteiger partial charge in [-0.1, -0.05) is 45.4 Å². The molecule has 0 bridgehead atoms. The van der Waals surface area contributed by atoms with Crippen LogP contribution < -0.4 is 0 Å². The first kappa shape index (κ1) is 21.0. The second-order valence-corrected chi connectivity index (χ2v) is 7.62. The van der Waals surface area contributed by atoms with Gasteiger partial charge in [-0.15, -0.1) is 0 Å². The van der Waals surface area contributed by atoms with Crippen LogP contribution in [0.5, 0.6) is 0 Å².